The molecule has 2 aromatic heterocycles. The molecule has 0 saturated carbocycles. The van der Waals surface area contributed by atoms with Crippen LogP contribution in [0.3, 0.4) is 0 Å². The molecule has 140 valence electrons. The van der Waals surface area contributed by atoms with E-state index in [0.717, 1.165) is 17.1 Å². The second-order valence-electron chi connectivity index (χ2n) is 5.88. The Morgan fingerprint density at radius 3 is 2.67 bits per heavy atom. The van der Waals surface area contributed by atoms with Gasteiger partial charge < -0.3 is 5.32 Å². The van der Waals surface area contributed by atoms with Crippen LogP contribution in [0.5, 0.6) is 0 Å². The Hall–Kier alpha value is -2.09. The number of nitrogens with zero attached hydrogens (tertiary/aromatic N) is 4. The summed E-state index contributed by atoms with van der Waals surface area (Å²) in [6, 6.07) is 7.95. The second-order valence-corrected chi connectivity index (χ2v) is 7.61. The molecule has 0 unspecified atom stereocenters. The van der Waals surface area contributed by atoms with Gasteiger partial charge in [-0.3, -0.25) is 9.36 Å². The van der Waals surface area contributed by atoms with Crippen LogP contribution in [0.1, 0.15) is 17.0 Å². The van der Waals surface area contributed by atoms with Gasteiger partial charge in [0.25, 0.3) is 0 Å². The number of carbonyl (C=O) groups excluding carboxylic acids is 1. The zero-order chi connectivity index (χ0) is 19.6. The molecule has 0 bridgehead atoms. The first-order chi connectivity index (χ1) is 12.9. The van der Waals surface area contributed by atoms with Crippen LogP contribution in [-0.4, -0.2) is 31.4 Å². The topological polar surface area (TPSA) is 72.7 Å². The number of benzene rings is 1. The summed E-state index contributed by atoms with van der Waals surface area (Å²) in [7, 11) is 0. The summed E-state index contributed by atoms with van der Waals surface area (Å²) in [5.74, 6) is 0.947. The highest BCUT2D eigenvalue weighted by molar-refractivity contribution is 7.99. The fourth-order valence-corrected chi connectivity index (χ4v) is 3.65. The standard InChI is InChI=1S/C18H17Cl2N5OS/c1-10-6-4-5-7-14(10)25-12(3)23-24-18(25)27-9-15(26)22-17-16(20)11(2)13(19)8-21-17/h4-8H,9H2,1-3H3,(H,21,22,26). The first-order valence-corrected chi connectivity index (χ1v) is 9.84. The van der Waals surface area contributed by atoms with Crippen molar-refractivity contribution in [1.29, 1.82) is 0 Å². The lowest BCUT2D eigenvalue weighted by Gasteiger charge is -2.11. The zero-order valence-electron chi connectivity index (χ0n) is 15.0. The number of hydrogen-bond donors (Lipinski definition) is 1. The average Bonchev–Trinajstić information content (AvgIpc) is 3.01. The van der Waals surface area contributed by atoms with E-state index in [0.29, 0.717) is 26.6 Å². The Morgan fingerprint density at radius 1 is 1.19 bits per heavy atom. The number of hydrogen-bond acceptors (Lipinski definition) is 5. The van der Waals surface area contributed by atoms with Gasteiger partial charge >= 0.3 is 0 Å². The van der Waals surface area contributed by atoms with Gasteiger partial charge in [0, 0.05) is 6.20 Å². The molecular weight excluding hydrogens is 405 g/mol. The van der Waals surface area contributed by atoms with Crippen molar-refractivity contribution >= 4 is 46.7 Å². The molecule has 9 heteroatoms. The predicted octanol–water partition coefficient (Wildman–Crippen LogP) is 4.63. The van der Waals surface area contributed by atoms with Crippen LogP contribution in [0, 0.1) is 20.8 Å². The second kappa shape index (κ2) is 8.29. The summed E-state index contributed by atoms with van der Waals surface area (Å²) >= 11 is 13.5. The molecule has 1 amide bonds. The minimum atomic E-state index is -0.242. The van der Waals surface area contributed by atoms with Crippen molar-refractivity contribution in [2.45, 2.75) is 25.9 Å². The van der Waals surface area contributed by atoms with Crippen molar-refractivity contribution in [2.75, 3.05) is 11.1 Å². The highest BCUT2D eigenvalue weighted by Crippen LogP contribution is 2.29. The lowest BCUT2D eigenvalue weighted by molar-refractivity contribution is -0.113. The maximum Gasteiger partial charge on any atom is 0.236 e. The monoisotopic (exact) mass is 421 g/mol. The molecular formula is C18H17Cl2N5OS. The number of nitrogens with one attached hydrogen (secondary N) is 1. The number of anilines is 1. The van der Waals surface area contributed by atoms with E-state index < -0.39 is 0 Å². The summed E-state index contributed by atoms with van der Waals surface area (Å²) in [4.78, 5) is 16.4. The van der Waals surface area contributed by atoms with E-state index in [1.54, 1.807) is 6.92 Å². The molecule has 0 aliphatic rings. The number of thioether (sulfide) groups is 1. The van der Waals surface area contributed by atoms with Crippen LogP contribution in [0.15, 0.2) is 35.6 Å². The van der Waals surface area contributed by atoms with Gasteiger partial charge in [0.2, 0.25) is 5.91 Å². The Balaban J connectivity index is 1.74. The minimum absolute atomic E-state index is 0.143. The van der Waals surface area contributed by atoms with Gasteiger partial charge in [-0.1, -0.05) is 53.2 Å². The van der Waals surface area contributed by atoms with Crippen molar-refractivity contribution in [3.05, 3.63) is 57.5 Å². The lowest BCUT2D eigenvalue weighted by Crippen LogP contribution is -2.16. The molecule has 0 fully saturated rings. The number of pyridine rings is 1. The molecule has 0 aliphatic heterocycles. The van der Waals surface area contributed by atoms with E-state index in [4.69, 9.17) is 23.2 Å². The van der Waals surface area contributed by atoms with E-state index in [9.17, 15) is 4.79 Å². The summed E-state index contributed by atoms with van der Waals surface area (Å²) < 4.78 is 1.94. The number of halogens is 2. The van der Waals surface area contributed by atoms with Gasteiger partial charge in [0.05, 0.1) is 21.5 Å². The summed E-state index contributed by atoms with van der Waals surface area (Å²) in [6.07, 6.45) is 1.46. The highest BCUT2D eigenvalue weighted by Gasteiger charge is 2.16. The third kappa shape index (κ3) is 4.26. The van der Waals surface area contributed by atoms with Gasteiger partial charge in [0.1, 0.15) is 5.82 Å². The maximum atomic E-state index is 12.3. The quantitative estimate of drug-likeness (QED) is 0.608. The van der Waals surface area contributed by atoms with Crippen LogP contribution < -0.4 is 5.32 Å². The van der Waals surface area contributed by atoms with E-state index in [-0.39, 0.29) is 11.7 Å². The van der Waals surface area contributed by atoms with Gasteiger partial charge in [-0.05, 0) is 38.0 Å². The normalized spacial score (nSPS) is 10.9. The summed E-state index contributed by atoms with van der Waals surface area (Å²) in [5, 5.41) is 12.5. The van der Waals surface area contributed by atoms with Crippen LogP contribution in [0.25, 0.3) is 5.69 Å². The van der Waals surface area contributed by atoms with Crippen LogP contribution in [0.4, 0.5) is 5.82 Å². The van der Waals surface area contributed by atoms with E-state index >= 15 is 0 Å². The van der Waals surface area contributed by atoms with E-state index in [1.807, 2.05) is 42.7 Å². The Labute approximate surface area is 171 Å². The third-order valence-corrected chi connectivity index (χ3v) is 5.72. The van der Waals surface area contributed by atoms with Crippen molar-refractivity contribution < 1.29 is 4.79 Å². The molecule has 0 saturated heterocycles. The zero-order valence-corrected chi connectivity index (χ0v) is 17.3. The van der Waals surface area contributed by atoms with Crippen molar-refractivity contribution in [2.24, 2.45) is 0 Å². The van der Waals surface area contributed by atoms with Gasteiger partial charge in [-0.15, -0.1) is 10.2 Å². The number of amides is 1. The SMILES string of the molecule is Cc1ccccc1-n1c(C)nnc1SCC(=O)Nc1ncc(Cl)c(C)c1Cl. The van der Waals surface area contributed by atoms with Gasteiger partial charge in [-0.25, -0.2) is 4.98 Å². The predicted molar refractivity (Wildman–Crippen MR) is 109 cm³/mol. The smallest absolute Gasteiger partial charge is 0.236 e. The number of rotatable bonds is 5. The van der Waals surface area contributed by atoms with Crippen LogP contribution >= 0.6 is 35.0 Å². The van der Waals surface area contributed by atoms with Gasteiger partial charge in [-0.2, -0.15) is 0 Å². The molecule has 1 aromatic carbocycles. The number of aromatic nitrogens is 4. The van der Waals surface area contributed by atoms with Crippen molar-refractivity contribution in [3.8, 4) is 5.69 Å². The Bertz CT molecular complexity index is 1010. The number of aryl methyl sites for hydroxylation is 2. The fourth-order valence-electron chi connectivity index (χ4n) is 2.47. The molecule has 0 aliphatic carbocycles. The largest absolute Gasteiger partial charge is 0.309 e. The van der Waals surface area contributed by atoms with Crippen molar-refractivity contribution in [1.82, 2.24) is 19.7 Å². The number of para-hydroxylation sites is 1. The van der Waals surface area contributed by atoms with Gasteiger partial charge in [0.15, 0.2) is 11.0 Å². The minimum Gasteiger partial charge on any atom is -0.309 e. The highest BCUT2D eigenvalue weighted by atomic mass is 35.5. The molecule has 3 rings (SSSR count). The molecule has 27 heavy (non-hydrogen) atoms. The van der Waals surface area contributed by atoms with Crippen molar-refractivity contribution in [3.63, 3.8) is 0 Å². The summed E-state index contributed by atoms with van der Waals surface area (Å²) in [5.41, 5.74) is 2.76. The molecule has 0 atom stereocenters. The molecule has 6 nitrogen and oxygen atoms in total. The Morgan fingerprint density at radius 2 is 1.93 bits per heavy atom. The van der Waals surface area contributed by atoms with Crippen LogP contribution in [0.2, 0.25) is 10.0 Å². The lowest BCUT2D eigenvalue weighted by atomic mass is 10.2. The molecule has 0 spiro atoms. The molecule has 2 heterocycles. The van der Waals surface area contributed by atoms with E-state index in [1.165, 1.54) is 18.0 Å². The summed E-state index contributed by atoms with van der Waals surface area (Å²) in [6.45, 7) is 5.67. The first kappa shape index (κ1) is 19.7. The first-order valence-electron chi connectivity index (χ1n) is 8.09. The van der Waals surface area contributed by atoms with Crippen LogP contribution in [-0.2, 0) is 4.79 Å². The Kier molecular flexibility index (Phi) is 6.04. The fraction of sp³-hybridized carbons (Fsp3) is 0.222. The number of carbonyl (C=O) groups is 1. The molecule has 0 radical (unpaired) electrons. The molecule has 1 N–H and O–H groups in total. The average molecular weight is 422 g/mol. The van der Waals surface area contributed by atoms with E-state index in [2.05, 4.69) is 20.5 Å². The maximum absolute atomic E-state index is 12.3. The third-order valence-electron chi connectivity index (χ3n) is 3.94. The molecule has 3 aromatic rings.